The van der Waals surface area contributed by atoms with E-state index in [1.807, 2.05) is 24.3 Å². The molecule has 1 N–H and O–H groups in total. The second-order valence-corrected chi connectivity index (χ2v) is 3.91. The molecule has 1 aromatic carbocycles. The Morgan fingerprint density at radius 1 is 1.17 bits per heavy atom. The molecule has 18 heavy (non-hydrogen) atoms. The molecule has 0 spiro atoms. The lowest BCUT2D eigenvalue weighted by atomic mass is 10.1. The first-order valence-electron chi connectivity index (χ1n) is 5.87. The Hall–Kier alpha value is -1.88. The van der Waals surface area contributed by atoms with Gasteiger partial charge in [-0.3, -0.25) is 0 Å². The van der Waals surface area contributed by atoms with Crippen molar-refractivity contribution in [2.24, 2.45) is 0 Å². The summed E-state index contributed by atoms with van der Waals surface area (Å²) in [6, 6.07) is 7.90. The lowest BCUT2D eigenvalue weighted by molar-refractivity contribution is 0.283. The summed E-state index contributed by atoms with van der Waals surface area (Å²) in [5, 5.41) is 16.5. The number of aliphatic hydroxyl groups excluding tert-OH is 1. The molecule has 0 unspecified atom stereocenters. The van der Waals surface area contributed by atoms with Crippen molar-refractivity contribution in [3.63, 3.8) is 0 Å². The molecule has 2 rings (SSSR count). The molecule has 5 heteroatoms. The Morgan fingerprint density at radius 3 is 2.67 bits per heavy atom. The average molecular weight is 248 g/mol. The van der Waals surface area contributed by atoms with Gasteiger partial charge in [0.1, 0.15) is 5.75 Å². The predicted octanol–water partition coefficient (Wildman–Crippen LogP) is 1.40. The molecular formula is C13H16N2O3. The Balaban J connectivity index is 1.93. The molecule has 1 heterocycles. The van der Waals surface area contributed by atoms with Crippen LogP contribution in [0.15, 0.2) is 28.7 Å². The summed E-state index contributed by atoms with van der Waals surface area (Å²) in [6.07, 6.45) is 1.91. The molecule has 0 aliphatic heterocycles. The largest absolute Gasteiger partial charge is 0.497 e. The molecule has 0 aliphatic carbocycles. The third kappa shape index (κ3) is 3.30. The van der Waals surface area contributed by atoms with Crippen molar-refractivity contribution in [1.29, 1.82) is 0 Å². The number of aromatic nitrogens is 2. The van der Waals surface area contributed by atoms with Crippen LogP contribution >= 0.6 is 0 Å². The van der Waals surface area contributed by atoms with Gasteiger partial charge in [-0.15, -0.1) is 10.2 Å². The highest BCUT2D eigenvalue weighted by molar-refractivity contribution is 5.28. The molecule has 0 fully saturated rings. The van der Waals surface area contributed by atoms with Gasteiger partial charge in [-0.05, 0) is 24.1 Å². The van der Waals surface area contributed by atoms with Crippen LogP contribution < -0.4 is 4.74 Å². The lowest BCUT2D eigenvalue weighted by Crippen LogP contribution is -1.92. The van der Waals surface area contributed by atoms with Gasteiger partial charge in [0.15, 0.2) is 0 Å². The second kappa shape index (κ2) is 6.16. The van der Waals surface area contributed by atoms with Crippen LogP contribution in [0.1, 0.15) is 17.3 Å². The summed E-state index contributed by atoms with van der Waals surface area (Å²) >= 11 is 0. The van der Waals surface area contributed by atoms with Crippen LogP contribution in [0, 0.1) is 0 Å². The van der Waals surface area contributed by atoms with Crippen LogP contribution in [0.4, 0.5) is 0 Å². The van der Waals surface area contributed by atoms with E-state index in [-0.39, 0.29) is 6.61 Å². The molecule has 0 saturated heterocycles. The van der Waals surface area contributed by atoms with Gasteiger partial charge in [0, 0.05) is 12.8 Å². The Labute approximate surface area is 105 Å². The maximum Gasteiger partial charge on any atom is 0.218 e. The zero-order chi connectivity index (χ0) is 12.8. The number of ether oxygens (including phenoxy) is 1. The van der Waals surface area contributed by atoms with Gasteiger partial charge in [-0.1, -0.05) is 12.1 Å². The number of rotatable bonds is 6. The zero-order valence-electron chi connectivity index (χ0n) is 10.3. The minimum absolute atomic E-state index is 0.0253. The molecule has 2 aromatic rings. The summed E-state index contributed by atoms with van der Waals surface area (Å²) < 4.78 is 10.6. The summed E-state index contributed by atoms with van der Waals surface area (Å²) in [6.45, 7) is 0.0253. The van der Waals surface area contributed by atoms with Gasteiger partial charge < -0.3 is 14.3 Å². The monoisotopic (exact) mass is 248 g/mol. The van der Waals surface area contributed by atoms with E-state index in [2.05, 4.69) is 10.2 Å². The first-order valence-corrected chi connectivity index (χ1v) is 5.87. The summed E-state index contributed by atoms with van der Waals surface area (Å²) in [5.74, 6) is 1.93. The molecule has 0 aliphatic rings. The number of hydrogen-bond donors (Lipinski definition) is 1. The summed E-state index contributed by atoms with van der Waals surface area (Å²) in [5.41, 5.74) is 1.16. The van der Waals surface area contributed by atoms with Crippen LogP contribution in [-0.4, -0.2) is 29.0 Å². The minimum atomic E-state index is 0.0253. The third-order valence-electron chi connectivity index (χ3n) is 2.60. The van der Waals surface area contributed by atoms with E-state index in [9.17, 15) is 0 Å². The van der Waals surface area contributed by atoms with E-state index >= 15 is 0 Å². The van der Waals surface area contributed by atoms with Gasteiger partial charge in [-0.2, -0.15) is 0 Å². The molecule has 5 nitrogen and oxygen atoms in total. The van der Waals surface area contributed by atoms with Crippen molar-refractivity contribution < 1.29 is 14.3 Å². The molecule has 0 radical (unpaired) electrons. The maximum absolute atomic E-state index is 8.75. The summed E-state index contributed by atoms with van der Waals surface area (Å²) in [4.78, 5) is 0. The van der Waals surface area contributed by atoms with Crippen molar-refractivity contribution in [2.75, 3.05) is 13.7 Å². The summed E-state index contributed by atoms with van der Waals surface area (Å²) in [7, 11) is 1.65. The van der Waals surface area contributed by atoms with Crippen molar-refractivity contribution in [1.82, 2.24) is 10.2 Å². The number of aliphatic hydroxyl groups is 1. The zero-order valence-corrected chi connectivity index (χ0v) is 10.3. The van der Waals surface area contributed by atoms with Crippen LogP contribution in [0.3, 0.4) is 0 Å². The van der Waals surface area contributed by atoms with E-state index in [0.717, 1.165) is 17.7 Å². The van der Waals surface area contributed by atoms with E-state index in [1.54, 1.807) is 7.11 Å². The van der Waals surface area contributed by atoms with Crippen molar-refractivity contribution in [3.8, 4) is 5.75 Å². The SMILES string of the molecule is COc1cccc(CCc2nnc(CCO)o2)c1. The highest BCUT2D eigenvalue weighted by atomic mass is 16.5. The Bertz CT molecular complexity index is 496. The highest BCUT2D eigenvalue weighted by Gasteiger charge is 2.06. The fourth-order valence-corrected chi connectivity index (χ4v) is 1.67. The van der Waals surface area contributed by atoms with E-state index < -0.39 is 0 Å². The van der Waals surface area contributed by atoms with Gasteiger partial charge >= 0.3 is 0 Å². The maximum atomic E-state index is 8.75. The van der Waals surface area contributed by atoms with Crippen LogP contribution in [-0.2, 0) is 19.3 Å². The number of benzene rings is 1. The highest BCUT2D eigenvalue weighted by Crippen LogP contribution is 2.14. The van der Waals surface area contributed by atoms with Crippen LogP contribution in [0.25, 0.3) is 0 Å². The standard InChI is InChI=1S/C13H16N2O3/c1-17-11-4-2-3-10(9-11)5-6-12-14-15-13(18-12)7-8-16/h2-4,9,16H,5-8H2,1H3. The molecule has 0 amide bonds. The molecule has 0 bridgehead atoms. The van der Waals surface area contributed by atoms with Crippen molar-refractivity contribution >= 4 is 0 Å². The van der Waals surface area contributed by atoms with Crippen LogP contribution in [0.5, 0.6) is 5.75 Å². The number of methoxy groups -OCH3 is 1. The van der Waals surface area contributed by atoms with E-state index in [4.69, 9.17) is 14.3 Å². The minimum Gasteiger partial charge on any atom is -0.497 e. The third-order valence-corrected chi connectivity index (χ3v) is 2.60. The van der Waals surface area contributed by atoms with Crippen molar-refractivity contribution in [3.05, 3.63) is 41.6 Å². The first-order chi connectivity index (χ1) is 8.81. The number of nitrogens with zero attached hydrogens (tertiary/aromatic N) is 2. The lowest BCUT2D eigenvalue weighted by Gasteiger charge is -2.02. The van der Waals surface area contributed by atoms with Gasteiger partial charge in [0.2, 0.25) is 11.8 Å². The topological polar surface area (TPSA) is 68.4 Å². The predicted molar refractivity (Wildman–Crippen MR) is 65.5 cm³/mol. The molecule has 1 aromatic heterocycles. The fourth-order valence-electron chi connectivity index (χ4n) is 1.67. The van der Waals surface area contributed by atoms with E-state index in [0.29, 0.717) is 24.6 Å². The Morgan fingerprint density at radius 2 is 1.94 bits per heavy atom. The van der Waals surface area contributed by atoms with Crippen LogP contribution in [0.2, 0.25) is 0 Å². The van der Waals surface area contributed by atoms with Crippen molar-refractivity contribution in [2.45, 2.75) is 19.3 Å². The average Bonchev–Trinajstić information content (AvgIpc) is 2.85. The van der Waals surface area contributed by atoms with E-state index in [1.165, 1.54) is 0 Å². The number of hydrogen-bond acceptors (Lipinski definition) is 5. The normalized spacial score (nSPS) is 10.6. The second-order valence-electron chi connectivity index (χ2n) is 3.91. The Kier molecular flexibility index (Phi) is 4.30. The van der Waals surface area contributed by atoms with Gasteiger partial charge in [0.05, 0.1) is 13.7 Å². The van der Waals surface area contributed by atoms with Gasteiger partial charge in [0.25, 0.3) is 0 Å². The first kappa shape index (κ1) is 12.6. The number of aryl methyl sites for hydroxylation is 2. The molecular weight excluding hydrogens is 232 g/mol. The smallest absolute Gasteiger partial charge is 0.218 e. The van der Waals surface area contributed by atoms with Gasteiger partial charge in [-0.25, -0.2) is 0 Å². The molecule has 0 atom stereocenters. The quantitative estimate of drug-likeness (QED) is 0.836. The molecule has 0 saturated carbocycles. The fraction of sp³-hybridized carbons (Fsp3) is 0.385. The molecule has 96 valence electrons.